The number of hydrogen-bond donors (Lipinski definition) is 1. The van der Waals surface area contributed by atoms with Gasteiger partial charge in [-0.1, -0.05) is 19.8 Å². The summed E-state index contributed by atoms with van der Waals surface area (Å²) in [5, 5.41) is 0. The Bertz CT molecular complexity index is 339. The van der Waals surface area contributed by atoms with E-state index in [9.17, 15) is 4.79 Å². The maximum Gasteiger partial charge on any atom is 0.239 e. The zero-order chi connectivity index (χ0) is 15.9. The van der Waals surface area contributed by atoms with Gasteiger partial charge in [0, 0.05) is 19.1 Å². The molecule has 2 heterocycles. The van der Waals surface area contributed by atoms with Crippen LogP contribution in [-0.4, -0.2) is 54.0 Å². The lowest BCUT2D eigenvalue weighted by Crippen LogP contribution is -2.47. The molecule has 0 aromatic heterocycles. The molecule has 4 heteroatoms. The van der Waals surface area contributed by atoms with Crippen molar-refractivity contribution in [2.24, 2.45) is 11.7 Å². The highest BCUT2D eigenvalue weighted by Gasteiger charge is 2.26. The van der Waals surface area contributed by atoms with E-state index in [1.54, 1.807) is 0 Å². The fourth-order valence-electron chi connectivity index (χ4n) is 3.95. The van der Waals surface area contributed by atoms with Gasteiger partial charge in [-0.25, -0.2) is 0 Å². The molecule has 2 N–H and O–H groups in total. The minimum absolute atomic E-state index is 0.171. The summed E-state index contributed by atoms with van der Waals surface area (Å²) in [5.41, 5.74) is 5.97. The van der Waals surface area contributed by atoms with Crippen molar-refractivity contribution in [2.75, 3.05) is 26.2 Å². The fraction of sp³-hybridized carbons (Fsp3) is 0.944. The van der Waals surface area contributed by atoms with Crippen molar-refractivity contribution in [1.82, 2.24) is 9.80 Å². The molecule has 0 spiro atoms. The average molecular weight is 309 g/mol. The first-order valence-electron chi connectivity index (χ1n) is 9.40. The van der Waals surface area contributed by atoms with Crippen LogP contribution >= 0.6 is 0 Å². The predicted molar refractivity (Wildman–Crippen MR) is 91.7 cm³/mol. The Kier molecular flexibility index (Phi) is 7.16. The topological polar surface area (TPSA) is 49.6 Å². The van der Waals surface area contributed by atoms with E-state index in [1.807, 2.05) is 4.90 Å². The molecule has 2 saturated heterocycles. The molecule has 2 atom stereocenters. The third-order valence-corrected chi connectivity index (χ3v) is 5.61. The lowest BCUT2D eigenvalue weighted by atomic mass is 9.92. The van der Waals surface area contributed by atoms with Crippen molar-refractivity contribution in [3.05, 3.63) is 0 Å². The van der Waals surface area contributed by atoms with Gasteiger partial charge in [-0.05, 0) is 64.5 Å². The molecule has 2 fully saturated rings. The lowest BCUT2D eigenvalue weighted by molar-refractivity contribution is -0.134. The smallest absolute Gasteiger partial charge is 0.239 e. The molecule has 2 aliphatic rings. The van der Waals surface area contributed by atoms with Crippen LogP contribution in [0.3, 0.4) is 0 Å². The van der Waals surface area contributed by atoms with E-state index in [4.69, 9.17) is 5.73 Å². The van der Waals surface area contributed by atoms with E-state index in [0.29, 0.717) is 0 Å². The zero-order valence-corrected chi connectivity index (χ0v) is 14.6. The fourth-order valence-corrected chi connectivity index (χ4v) is 3.95. The number of piperidine rings is 2. The molecule has 128 valence electrons. The van der Waals surface area contributed by atoms with Crippen LogP contribution in [-0.2, 0) is 4.79 Å². The molecule has 4 nitrogen and oxygen atoms in total. The van der Waals surface area contributed by atoms with Crippen LogP contribution in [0.15, 0.2) is 0 Å². The molecule has 1 amide bonds. The third kappa shape index (κ3) is 4.95. The van der Waals surface area contributed by atoms with Gasteiger partial charge in [-0.3, -0.25) is 4.79 Å². The van der Waals surface area contributed by atoms with E-state index in [0.717, 1.165) is 50.7 Å². The zero-order valence-electron chi connectivity index (χ0n) is 14.6. The first kappa shape index (κ1) is 17.7. The summed E-state index contributed by atoms with van der Waals surface area (Å²) in [6.45, 7) is 8.81. The lowest BCUT2D eigenvalue weighted by Gasteiger charge is -2.37. The molecule has 0 aliphatic carbocycles. The van der Waals surface area contributed by atoms with Crippen LogP contribution in [0.1, 0.15) is 65.2 Å². The number of carbonyl (C=O) groups excluding carboxylic acids is 1. The largest absolute Gasteiger partial charge is 0.341 e. The normalized spacial score (nSPS) is 26.1. The summed E-state index contributed by atoms with van der Waals surface area (Å²) in [4.78, 5) is 16.9. The first-order chi connectivity index (χ1) is 10.6. The van der Waals surface area contributed by atoms with Crippen LogP contribution < -0.4 is 5.73 Å². The van der Waals surface area contributed by atoms with Gasteiger partial charge >= 0.3 is 0 Å². The Morgan fingerprint density at radius 3 is 2.55 bits per heavy atom. The Labute approximate surface area is 136 Å². The number of rotatable bonds is 6. The Morgan fingerprint density at radius 2 is 1.91 bits per heavy atom. The minimum atomic E-state index is -0.282. The second-order valence-corrected chi connectivity index (χ2v) is 7.33. The van der Waals surface area contributed by atoms with Crippen LogP contribution in [0.25, 0.3) is 0 Å². The van der Waals surface area contributed by atoms with Gasteiger partial charge in [0.05, 0.1) is 6.04 Å². The molecule has 22 heavy (non-hydrogen) atoms. The number of carbonyl (C=O) groups is 1. The van der Waals surface area contributed by atoms with Gasteiger partial charge in [0.1, 0.15) is 0 Å². The Morgan fingerprint density at radius 1 is 1.18 bits per heavy atom. The first-order valence-corrected chi connectivity index (χ1v) is 9.40. The summed E-state index contributed by atoms with van der Waals surface area (Å²) in [6, 6.07) is 0.484. The number of nitrogens with two attached hydrogens (primary N) is 1. The van der Waals surface area contributed by atoms with E-state index >= 15 is 0 Å². The standard InChI is InChI=1S/C18H35N3O/c1-3-6-17(19)18(22)21-13-9-16(10-14-21)8-12-20-11-5-4-7-15(20)2/h15-17H,3-14,19H2,1-2H3/t15-,17-/m1/s1. The Hall–Kier alpha value is -0.610. The number of hydrogen-bond acceptors (Lipinski definition) is 3. The number of amides is 1. The summed E-state index contributed by atoms with van der Waals surface area (Å²) >= 11 is 0. The highest BCUT2D eigenvalue weighted by Crippen LogP contribution is 2.24. The molecular formula is C18H35N3O. The summed E-state index contributed by atoms with van der Waals surface area (Å²) < 4.78 is 0. The van der Waals surface area contributed by atoms with Gasteiger partial charge in [0.2, 0.25) is 5.91 Å². The second-order valence-electron chi connectivity index (χ2n) is 7.33. The molecule has 0 bridgehead atoms. The highest BCUT2D eigenvalue weighted by molar-refractivity contribution is 5.81. The van der Waals surface area contributed by atoms with Crippen molar-refractivity contribution in [3.8, 4) is 0 Å². The minimum Gasteiger partial charge on any atom is -0.341 e. The van der Waals surface area contributed by atoms with Crippen LogP contribution in [0.2, 0.25) is 0 Å². The van der Waals surface area contributed by atoms with Crippen molar-refractivity contribution in [3.63, 3.8) is 0 Å². The van der Waals surface area contributed by atoms with Crippen molar-refractivity contribution < 1.29 is 4.79 Å². The molecule has 2 aliphatic heterocycles. The van der Waals surface area contributed by atoms with Crippen molar-refractivity contribution in [1.29, 1.82) is 0 Å². The van der Waals surface area contributed by atoms with Gasteiger partial charge < -0.3 is 15.5 Å². The summed E-state index contributed by atoms with van der Waals surface area (Å²) in [5.74, 6) is 0.963. The molecule has 0 aromatic rings. The van der Waals surface area contributed by atoms with Gasteiger partial charge in [0.25, 0.3) is 0 Å². The van der Waals surface area contributed by atoms with Gasteiger partial charge in [-0.15, -0.1) is 0 Å². The quantitative estimate of drug-likeness (QED) is 0.820. The third-order valence-electron chi connectivity index (χ3n) is 5.61. The molecular weight excluding hydrogens is 274 g/mol. The van der Waals surface area contributed by atoms with Crippen molar-refractivity contribution >= 4 is 5.91 Å². The van der Waals surface area contributed by atoms with Crippen LogP contribution in [0, 0.1) is 5.92 Å². The molecule has 0 radical (unpaired) electrons. The van der Waals surface area contributed by atoms with Crippen LogP contribution in [0.4, 0.5) is 0 Å². The van der Waals surface area contributed by atoms with Gasteiger partial charge in [-0.2, -0.15) is 0 Å². The van der Waals surface area contributed by atoms with Crippen LogP contribution in [0.5, 0.6) is 0 Å². The molecule has 0 aromatic carbocycles. The predicted octanol–water partition coefficient (Wildman–Crippen LogP) is 2.62. The Balaban J connectivity index is 1.67. The molecule has 0 unspecified atom stereocenters. The summed E-state index contributed by atoms with van der Waals surface area (Å²) in [7, 11) is 0. The number of likely N-dealkylation sites (tertiary alicyclic amines) is 2. The van der Waals surface area contributed by atoms with E-state index in [1.165, 1.54) is 38.8 Å². The molecule has 0 saturated carbocycles. The van der Waals surface area contributed by atoms with Gasteiger partial charge in [0.15, 0.2) is 0 Å². The number of nitrogens with zero attached hydrogens (tertiary/aromatic N) is 2. The second kappa shape index (κ2) is 8.88. The monoisotopic (exact) mass is 309 g/mol. The SMILES string of the molecule is CCC[C@@H](N)C(=O)N1CCC(CCN2CCCC[C@H]2C)CC1. The van der Waals surface area contributed by atoms with E-state index in [-0.39, 0.29) is 11.9 Å². The maximum absolute atomic E-state index is 12.2. The van der Waals surface area contributed by atoms with Crippen molar-refractivity contribution in [2.45, 2.75) is 77.3 Å². The molecule has 2 rings (SSSR count). The summed E-state index contributed by atoms with van der Waals surface area (Å²) in [6.07, 6.45) is 9.54. The van der Waals surface area contributed by atoms with E-state index < -0.39 is 0 Å². The highest BCUT2D eigenvalue weighted by atomic mass is 16.2. The van der Waals surface area contributed by atoms with E-state index in [2.05, 4.69) is 18.7 Å². The maximum atomic E-state index is 12.2. The average Bonchev–Trinajstić information content (AvgIpc) is 2.54.